The van der Waals surface area contributed by atoms with E-state index in [1.54, 1.807) is 11.1 Å². The van der Waals surface area contributed by atoms with Crippen LogP contribution in [0.25, 0.3) is 0 Å². The van der Waals surface area contributed by atoms with Crippen molar-refractivity contribution < 1.29 is 0 Å². The number of hydrogen-bond acceptors (Lipinski definition) is 2. The maximum absolute atomic E-state index is 5.66. The smallest absolute Gasteiger partial charge is 0.0344 e. The van der Waals surface area contributed by atoms with E-state index in [0.29, 0.717) is 12.0 Å². The molecule has 0 amide bonds. The zero-order chi connectivity index (χ0) is 12.3. The molecule has 3 N–H and O–H groups in total. The Hall–Kier alpha value is -0.860. The van der Waals surface area contributed by atoms with E-state index in [1.807, 2.05) is 7.05 Å². The number of benzene rings is 1. The van der Waals surface area contributed by atoms with Gasteiger partial charge in [-0.15, -0.1) is 0 Å². The lowest BCUT2D eigenvalue weighted by molar-refractivity contribution is 0.391. The van der Waals surface area contributed by atoms with Gasteiger partial charge in [0.25, 0.3) is 0 Å². The van der Waals surface area contributed by atoms with Gasteiger partial charge < -0.3 is 11.1 Å². The van der Waals surface area contributed by atoms with Crippen molar-refractivity contribution in [1.82, 2.24) is 5.32 Å². The Balaban J connectivity index is 2.19. The lowest BCUT2D eigenvalue weighted by atomic mass is 9.90. The summed E-state index contributed by atoms with van der Waals surface area (Å²) in [5.41, 5.74) is 10.2. The summed E-state index contributed by atoms with van der Waals surface area (Å²) in [5.74, 6) is 0.587. The van der Waals surface area contributed by atoms with Gasteiger partial charge in [-0.25, -0.2) is 0 Å². The monoisotopic (exact) mass is 232 g/mol. The molecule has 0 fully saturated rings. The molecule has 2 nitrogen and oxygen atoms in total. The third kappa shape index (κ3) is 2.70. The van der Waals surface area contributed by atoms with Crippen LogP contribution in [0.4, 0.5) is 0 Å². The second kappa shape index (κ2) is 5.65. The highest BCUT2D eigenvalue weighted by molar-refractivity contribution is 5.36. The number of nitrogens with one attached hydrogen (secondary N) is 1. The molecule has 1 aromatic carbocycles. The Morgan fingerprint density at radius 3 is 2.76 bits per heavy atom. The highest BCUT2D eigenvalue weighted by Gasteiger charge is 2.19. The van der Waals surface area contributed by atoms with Crippen molar-refractivity contribution in [2.75, 3.05) is 13.6 Å². The van der Waals surface area contributed by atoms with Crippen molar-refractivity contribution in [2.24, 2.45) is 11.7 Å². The Morgan fingerprint density at radius 2 is 2.06 bits per heavy atom. The van der Waals surface area contributed by atoms with E-state index < -0.39 is 0 Å². The fraction of sp³-hybridized carbons (Fsp3) is 0.600. The molecule has 0 saturated carbocycles. The van der Waals surface area contributed by atoms with Crippen LogP contribution in [0.15, 0.2) is 18.2 Å². The van der Waals surface area contributed by atoms with Gasteiger partial charge in [0, 0.05) is 6.04 Å². The maximum atomic E-state index is 5.66. The molecule has 1 aliphatic rings. The van der Waals surface area contributed by atoms with Crippen molar-refractivity contribution >= 4 is 0 Å². The molecule has 2 rings (SSSR count). The van der Waals surface area contributed by atoms with Crippen molar-refractivity contribution in [3.63, 3.8) is 0 Å². The van der Waals surface area contributed by atoms with Crippen molar-refractivity contribution in [2.45, 2.75) is 38.6 Å². The molecule has 2 heteroatoms. The van der Waals surface area contributed by atoms with E-state index in [0.717, 1.165) is 13.0 Å². The van der Waals surface area contributed by atoms with Gasteiger partial charge in [-0.05, 0) is 61.9 Å². The molecular formula is C15H24N2. The first-order valence-corrected chi connectivity index (χ1v) is 6.75. The Bertz CT molecular complexity index is 373. The van der Waals surface area contributed by atoms with Crippen molar-refractivity contribution in [3.05, 3.63) is 34.9 Å². The molecular weight excluding hydrogens is 208 g/mol. The summed E-state index contributed by atoms with van der Waals surface area (Å²) in [6.45, 7) is 3.05. The summed E-state index contributed by atoms with van der Waals surface area (Å²) in [5, 5.41) is 3.44. The summed E-state index contributed by atoms with van der Waals surface area (Å²) in [7, 11) is 2.05. The van der Waals surface area contributed by atoms with E-state index >= 15 is 0 Å². The first-order chi connectivity index (χ1) is 8.26. The molecule has 94 valence electrons. The van der Waals surface area contributed by atoms with Gasteiger partial charge >= 0.3 is 0 Å². The summed E-state index contributed by atoms with van der Waals surface area (Å²) >= 11 is 0. The van der Waals surface area contributed by atoms with Crippen LogP contribution < -0.4 is 11.1 Å². The van der Waals surface area contributed by atoms with Gasteiger partial charge in [0.2, 0.25) is 0 Å². The topological polar surface area (TPSA) is 38.0 Å². The minimum absolute atomic E-state index is 0.435. The highest BCUT2D eigenvalue weighted by atomic mass is 14.9. The predicted octanol–water partition coefficient (Wildman–Crippen LogP) is 2.42. The minimum Gasteiger partial charge on any atom is -0.330 e. The third-order valence-corrected chi connectivity index (χ3v) is 3.98. The summed E-state index contributed by atoms with van der Waals surface area (Å²) < 4.78 is 0. The quantitative estimate of drug-likeness (QED) is 0.818. The molecule has 2 unspecified atom stereocenters. The summed E-state index contributed by atoms with van der Waals surface area (Å²) in [6.07, 6.45) is 4.91. The van der Waals surface area contributed by atoms with E-state index in [1.165, 1.54) is 24.8 Å². The van der Waals surface area contributed by atoms with Crippen LogP contribution in [0.3, 0.4) is 0 Å². The number of fused-ring (bicyclic) bond motifs is 1. The zero-order valence-electron chi connectivity index (χ0n) is 11.0. The lowest BCUT2D eigenvalue weighted by Crippen LogP contribution is -2.25. The van der Waals surface area contributed by atoms with E-state index in [4.69, 9.17) is 5.73 Å². The van der Waals surface area contributed by atoms with Crippen LogP contribution >= 0.6 is 0 Å². The predicted molar refractivity (Wildman–Crippen MR) is 73.1 cm³/mol. The molecule has 0 spiro atoms. The van der Waals surface area contributed by atoms with Gasteiger partial charge in [0.1, 0.15) is 0 Å². The molecule has 0 radical (unpaired) electrons. The molecule has 0 heterocycles. The standard InChI is InChI=1S/C15H24N2/c1-11(8-9-16)15(17-2)14-7-6-12-4-3-5-13(12)10-14/h6-7,10-11,15,17H,3-5,8-9,16H2,1-2H3. The Kier molecular flexibility index (Phi) is 4.19. The van der Waals surface area contributed by atoms with Gasteiger partial charge in [0.05, 0.1) is 0 Å². The molecule has 1 aromatic rings. The average Bonchev–Trinajstić information content (AvgIpc) is 2.77. The lowest BCUT2D eigenvalue weighted by Gasteiger charge is -2.24. The third-order valence-electron chi connectivity index (χ3n) is 3.98. The van der Waals surface area contributed by atoms with Gasteiger partial charge in [-0.2, -0.15) is 0 Å². The van der Waals surface area contributed by atoms with Crippen LogP contribution in [0.1, 0.15) is 42.5 Å². The number of aryl methyl sites for hydroxylation is 2. The van der Waals surface area contributed by atoms with E-state index in [2.05, 4.69) is 30.4 Å². The van der Waals surface area contributed by atoms with Crippen LogP contribution in [0.5, 0.6) is 0 Å². The first-order valence-electron chi connectivity index (χ1n) is 6.75. The summed E-state index contributed by atoms with van der Waals surface area (Å²) in [4.78, 5) is 0. The largest absolute Gasteiger partial charge is 0.330 e. The average molecular weight is 232 g/mol. The Morgan fingerprint density at radius 1 is 1.29 bits per heavy atom. The second-order valence-electron chi connectivity index (χ2n) is 5.20. The molecule has 0 saturated heterocycles. The number of hydrogen-bond donors (Lipinski definition) is 2. The molecule has 17 heavy (non-hydrogen) atoms. The van der Waals surface area contributed by atoms with Gasteiger partial charge in [0.15, 0.2) is 0 Å². The molecule has 0 aliphatic heterocycles. The van der Waals surface area contributed by atoms with Crippen molar-refractivity contribution in [1.29, 1.82) is 0 Å². The van der Waals surface area contributed by atoms with Gasteiger partial charge in [-0.1, -0.05) is 25.1 Å². The van der Waals surface area contributed by atoms with E-state index in [9.17, 15) is 0 Å². The molecule has 1 aliphatic carbocycles. The Labute approximate surface area is 105 Å². The van der Waals surface area contributed by atoms with Gasteiger partial charge in [-0.3, -0.25) is 0 Å². The zero-order valence-corrected chi connectivity index (χ0v) is 11.0. The number of nitrogens with two attached hydrogens (primary N) is 1. The fourth-order valence-electron chi connectivity index (χ4n) is 2.99. The highest BCUT2D eigenvalue weighted by Crippen LogP contribution is 2.29. The normalized spacial score (nSPS) is 17.8. The van der Waals surface area contributed by atoms with Crippen LogP contribution in [0.2, 0.25) is 0 Å². The summed E-state index contributed by atoms with van der Waals surface area (Å²) in [6, 6.07) is 7.44. The van der Waals surface area contributed by atoms with Crippen molar-refractivity contribution in [3.8, 4) is 0 Å². The molecule has 0 aromatic heterocycles. The fourth-order valence-corrected chi connectivity index (χ4v) is 2.99. The van der Waals surface area contributed by atoms with Crippen LogP contribution in [0, 0.1) is 5.92 Å². The molecule has 2 atom stereocenters. The van der Waals surface area contributed by atoms with Crippen LogP contribution in [-0.4, -0.2) is 13.6 Å². The second-order valence-corrected chi connectivity index (χ2v) is 5.20. The van der Waals surface area contributed by atoms with Crippen LogP contribution in [-0.2, 0) is 12.8 Å². The minimum atomic E-state index is 0.435. The maximum Gasteiger partial charge on any atom is 0.0344 e. The SMILES string of the molecule is CNC(c1ccc2c(c1)CCC2)C(C)CCN. The molecule has 0 bridgehead atoms. The number of rotatable bonds is 5. The van der Waals surface area contributed by atoms with E-state index in [-0.39, 0.29) is 0 Å². The first kappa shape index (κ1) is 12.6.